The first kappa shape index (κ1) is 15.9. The fourth-order valence-corrected chi connectivity index (χ4v) is 2.66. The topological polar surface area (TPSA) is 34.2 Å². The van der Waals surface area contributed by atoms with Gasteiger partial charge in [0.2, 0.25) is 0 Å². The maximum absolute atomic E-state index is 13.6. The molecule has 1 heterocycles. The van der Waals surface area contributed by atoms with Gasteiger partial charge in [0.05, 0.1) is 18.8 Å². The van der Waals surface area contributed by atoms with Gasteiger partial charge in [-0.05, 0) is 48.9 Å². The van der Waals surface area contributed by atoms with Crippen molar-refractivity contribution in [3.8, 4) is 5.75 Å². The van der Waals surface area contributed by atoms with E-state index in [-0.39, 0.29) is 11.9 Å². The minimum atomic E-state index is -0.259. The quantitative estimate of drug-likeness (QED) is 0.850. The molecule has 0 saturated heterocycles. The Morgan fingerprint density at radius 1 is 1.29 bits per heavy atom. The Balaban J connectivity index is 2.42. The van der Waals surface area contributed by atoms with Gasteiger partial charge in [-0.1, -0.05) is 22.9 Å². The Kier molecular flexibility index (Phi) is 5.70. The second-order valence-corrected chi connectivity index (χ2v) is 5.40. The van der Waals surface area contributed by atoms with Crippen LogP contribution in [-0.4, -0.2) is 18.1 Å². The van der Waals surface area contributed by atoms with E-state index in [4.69, 9.17) is 4.74 Å². The summed E-state index contributed by atoms with van der Waals surface area (Å²) < 4.78 is 19.9. The number of hydrogen-bond acceptors (Lipinski definition) is 3. The Labute approximate surface area is 132 Å². The fraction of sp³-hybridized carbons (Fsp3) is 0.312. The van der Waals surface area contributed by atoms with Crippen molar-refractivity contribution >= 4 is 15.9 Å². The van der Waals surface area contributed by atoms with E-state index in [0.29, 0.717) is 12.4 Å². The molecule has 0 saturated carbocycles. The zero-order valence-electron chi connectivity index (χ0n) is 12.1. The van der Waals surface area contributed by atoms with Crippen LogP contribution in [0.15, 0.2) is 41.1 Å². The zero-order chi connectivity index (χ0) is 15.2. The van der Waals surface area contributed by atoms with Gasteiger partial charge in [-0.3, -0.25) is 4.98 Å². The highest BCUT2D eigenvalue weighted by atomic mass is 79.9. The Morgan fingerprint density at radius 2 is 2.10 bits per heavy atom. The second kappa shape index (κ2) is 7.52. The molecule has 0 aliphatic carbocycles. The van der Waals surface area contributed by atoms with Crippen LogP contribution < -0.4 is 10.1 Å². The summed E-state index contributed by atoms with van der Waals surface area (Å²) in [5, 5.41) is 3.36. The number of aromatic nitrogens is 1. The fourth-order valence-electron chi connectivity index (χ4n) is 2.19. The third kappa shape index (κ3) is 4.02. The van der Waals surface area contributed by atoms with E-state index in [0.717, 1.165) is 22.1 Å². The predicted octanol–water partition coefficient (Wildman–Crippen LogP) is 4.08. The number of nitrogens with one attached hydrogen (secondary N) is 1. The summed E-state index contributed by atoms with van der Waals surface area (Å²) in [7, 11) is 0. The highest BCUT2D eigenvalue weighted by molar-refractivity contribution is 9.10. The summed E-state index contributed by atoms with van der Waals surface area (Å²) in [6.07, 6.45) is 3.45. The van der Waals surface area contributed by atoms with E-state index < -0.39 is 0 Å². The molecule has 0 radical (unpaired) electrons. The largest absolute Gasteiger partial charge is 0.492 e. The molecule has 1 unspecified atom stereocenters. The van der Waals surface area contributed by atoms with Crippen molar-refractivity contribution in [2.24, 2.45) is 0 Å². The van der Waals surface area contributed by atoms with E-state index in [1.807, 2.05) is 19.9 Å². The first-order valence-corrected chi connectivity index (χ1v) is 7.71. The molecule has 1 atom stereocenters. The number of ether oxygens (including phenoxy) is 1. The predicted molar refractivity (Wildman–Crippen MR) is 85.0 cm³/mol. The van der Waals surface area contributed by atoms with Gasteiger partial charge in [-0.25, -0.2) is 4.39 Å². The number of hydrogen-bond donors (Lipinski definition) is 1. The van der Waals surface area contributed by atoms with Crippen LogP contribution in [0.5, 0.6) is 5.75 Å². The SMILES string of the molecule is CCNC(c1cncc(OCC)c1)c1cc(F)ccc1Br. The number of nitrogens with zero attached hydrogens (tertiary/aromatic N) is 1. The lowest BCUT2D eigenvalue weighted by atomic mass is 10.00. The van der Waals surface area contributed by atoms with E-state index in [1.165, 1.54) is 12.1 Å². The van der Waals surface area contributed by atoms with Crippen molar-refractivity contribution < 1.29 is 9.13 Å². The Morgan fingerprint density at radius 3 is 2.81 bits per heavy atom. The van der Waals surface area contributed by atoms with Crippen LogP contribution in [0.25, 0.3) is 0 Å². The summed E-state index contributed by atoms with van der Waals surface area (Å²) in [5.74, 6) is 0.454. The van der Waals surface area contributed by atoms with Gasteiger partial charge < -0.3 is 10.1 Å². The maximum Gasteiger partial charge on any atom is 0.137 e. The van der Waals surface area contributed by atoms with Crippen molar-refractivity contribution in [2.45, 2.75) is 19.9 Å². The summed E-state index contributed by atoms with van der Waals surface area (Å²) in [6.45, 7) is 5.28. The molecule has 0 aliphatic rings. The second-order valence-electron chi connectivity index (χ2n) is 4.54. The minimum Gasteiger partial charge on any atom is -0.492 e. The van der Waals surface area contributed by atoms with Gasteiger partial charge in [-0.15, -0.1) is 0 Å². The van der Waals surface area contributed by atoms with Crippen molar-refractivity contribution in [1.29, 1.82) is 0 Å². The number of pyridine rings is 1. The van der Waals surface area contributed by atoms with Crippen molar-refractivity contribution in [1.82, 2.24) is 10.3 Å². The molecule has 2 aromatic rings. The van der Waals surface area contributed by atoms with E-state index in [9.17, 15) is 4.39 Å². The van der Waals surface area contributed by atoms with Gasteiger partial charge in [0.1, 0.15) is 11.6 Å². The molecule has 0 aliphatic heterocycles. The van der Waals surface area contributed by atoms with Gasteiger partial charge in [0.15, 0.2) is 0 Å². The Hall–Kier alpha value is -1.46. The summed E-state index contributed by atoms with van der Waals surface area (Å²) in [6, 6.07) is 6.47. The lowest BCUT2D eigenvalue weighted by Crippen LogP contribution is -2.22. The molecule has 21 heavy (non-hydrogen) atoms. The summed E-state index contributed by atoms with van der Waals surface area (Å²) in [5.41, 5.74) is 1.78. The molecule has 2 rings (SSSR count). The van der Waals surface area contributed by atoms with E-state index >= 15 is 0 Å². The number of rotatable bonds is 6. The molecule has 0 bridgehead atoms. The standard InChI is InChI=1S/C16H18BrFN2O/c1-3-20-16(14-8-12(18)5-6-15(14)17)11-7-13(21-4-2)10-19-9-11/h5-10,16,20H,3-4H2,1-2H3. The lowest BCUT2D eigenvalue weighted by Gasteiger charge is -2.20. The van der Waals surface area contributed by atoms with Crippen LogP contribution in [0.1, 0.15) is 31.0 Å². The Bertz CT molecular complexity index is 607. The average Bonchev–Trinajstić information content (AvgIpc) is 2.48. The molecule has 5 heteroatoms. The van der Waals surface area contributed by atoms with Crippen molar-refractivity contribution in [2.75, 3.05) is 13.2 Å². The van der Waals surface area contributed by atoms with Gasteiger partial charge in [0, 0.05) is 10.7 Å². The van der Waals surface area contributed by atoms with Crippen LogP contribution in [0, 0.1) is 5.82 Å². The molecule has 1 N–H and O–H groups in total. The molecule has 0 spiro atoms. The van der Waals surface area contributed by atoms with Gasteiger partial charge in [0.25, 0.3) is 0 Å². The molecule has 3 nitrogen and oxygen atoms in total. The van der Waals surface area contributed by atoms with E-state index in [2.05, 4.69) is 26.2 Å². The molecule has 0 fully saturated rings. The van der Waals surface area contributed by atoms with Crippen LogP contribution in [0.3, 0.4) is 0 Å². The lowest BCUT2D eigenvalue weighted by molar-refractivity contribution is 0.338. The minimum absolute atomic E-state index is 0.145. The molecular formula is C16H18BrFN2O. The third-order valence-corrected chi connectivity index (χ3v) is 3.78. The smallest absolute Gasteiger partial charge is 0.137 e. The molecule has 1 aromatic heterocycles. The summed E-state index contributed by atoms with van der Waals surface area (Å²) in [4.78, 5) is 4.21. The number of benzene rings is 1. The monoisotopic (exact) mass is 352 g/mol. The van der Waals surface area contributed by atoms with E-state index in [1.54, 1.807) is 18.5 Å². The van der Waals surface area contributed by atoms with Crippen molar-refractivity contribution in [3.05, 3.63) is 58.1 Å². The zero-order valence-corrected chi connectivity index (χ0v) is 13.7. The first-order chi connectivity index (χ1) is 10.2. The van der Waals surface area contributed by atoms with Crippen LogP contribution in [0.2, 0.25) is 0 Å². The van der Waals surface area contributed by atoms with Gasteiger partial charge >= 0.3 is 0 Å². The third-order valence-electron chi connectivity index (χ3n) is 3.06. The normalized spacial score (nSPS) is 12.2. The highest BCUT2D eigenvalue weighted by Gasteiger charge is 2.17. The average molecular weight is 353 g/mol. The molecular weight excluding hydrogens is 335 g/mol. The first-order valence-electron chi connectivity index (χ1n) is 6.91. The maximum atomic E-state index is 13.6. The summed E-state index contributed by atoms with van der Waals surface area (Å²) >= 11 is 3.49. The molecule has 1 aromatic carbocycles. The van der Waals surface area contributed by atoms with Crippen LogP contribution in [0.4, 0.5) is 4.39 Å². The van der Waals surface area contributed by atoms with Crippen LogP contribution >= 0.6 is 15.9 Å². The highest BCUT2D eigenvalue weighted by Crippen LogP contribution is 2.30. The van der Waals surface area contributed by atoms with Crippen LogP contribution in [-0.2, 0) is 0 Å². The molecule has 112 valence electrons. The van der Waals surface area contributed by atoms with Gasteiger partial charge in [-0.2, -0.15) is 0 Å². The molecule has 0 amide bonds. The number of halogens is 2. The van der Waals surface area contributed by atoms with Crippen molar-refractivity contribution in [3.63, 3.8) is 0 Å².